The third-order valence-corrected chi connectivity index (χ3v) is 1.87. The summed E-state index contributed by atoms with van der Waals surface area (Å²) in [6.07, 6.45) is 4.74. The predicted molar refractivity (Wildman–Crippen MR) is 35.0 cm³/mol. The number of pyridine rings is 1. The molecule has 2 rings (SSSR count). The second kappa shape index (κ2) is 3.32. The number of nitrogens with zero attached hydrogens (tertiary/aromatic N) is 1. The third-order valence-electron chi connectivity index (χ3n) is 1.87. The van der Waals surface area contributed by atoms with Crippen molar-refractivity contribution in [1.82, 2.24) is 0 Å². The number of hydrogen-bond donors (Lipinski definition) is 0. The minimum atomic E-state index is 0. The maximum atomic E-state index is 2.32. The van der Waals surface area contributed by atoms with Crippen molar-refractivity contribution in [3.8, 4) is 0 Å². The first-order valence-corrected chi connectivity index (χ1v) is 3.44. The molecule has 0 aromatic carbocycles. The molecule has 1 aliphatic rings. The van der Waals surface area contributed by atoms with E-state index in [-0.39, 0.29) is 24.0 Å². The van der Waals surface area contributed by atoms with Crippen LogP contribution in [-0.4, -0.2) is 0 Å². The summed E-state index contributed by atoms with van der Waals surface area (Å²) in [7, 11) is 0. The van der Waals surface area contributed by atoms with Gasteiger partial charge in [0, 0.05) is 25.0 Å². The Bertz CT molecular complexity index is 199. The van der Waals surface area contributed by atoms with Crippen LogP contribution in [0.5, 0.6) is 0 Å². The zero-order chi connectivity index (χ0) is 6.10. The van der Waals surface area contributed by atoms with E-state index in [1.807, 2.05) is 0 Å². The molecule has 1 aromatic rings. The summed E-state index contributed by atoms with van der Waals surface area (Å²) in [5.41, 5.74) is 1.48. The topological polar surface area (TPSA) is 3.88 Å². The van der Waals surface area contributed by atoms with Crippen LogP contribution in [0.2, 0.25) is 0 Å². The van der Waals surface area contributed by atoms with Crippen LogP contribution in [0, 0.1) is 0 Å². The highest BCUT2D eigenvalue weighted by atomic mass is 127. The summed E-state index contributed by atoms with van der Waals surface area (Å²) in [4.78, 5) is 0. The van der Waals surface area contributed by atoms with Crippen LogP contribution >= 0.6 is 0 Å². The summed E-state index contributed by atoms with van der Waals surface area (Å²) in [6, 6.07) is 6.40. The summed E-state index contributed by atoms with van der Waals surface area (Å²) in [6.45, 7) is 1.22. The van der Waals surface area contributed by atoms with Crippen molar-refractivity contribution in [2.75, 3.05) is 0 Å². The normalized spacial score (nSPS) is 14.0. The van der Waals surface area contributed by atoms with Crippen LogP contribution in [0.15, 0.2) is 24.4 Å². The van der Waals surface area contributed by atoms with E-state index >= 15 is 0 Å². The van der Waals surface area contributed by atoms with Gasteiger partial charge in [-0.3, -0.25) is 0 Å². The van der Waals surface area contributed by atoms with Crippen molar-refractivity contribution in [2.45, 2.75) is 19.4 Å². The Balaban J connectivity index is 0.000000500. The molecule has 0 radical (unpaired) electrons. The van der Waals surface area contributed by atoms with Gasteiger partial charge in [0.2, 0.25) is 0 Å². The van der Waals surface area contributed by atoms with E-state index < -0.39 is 0 Å². The average Bonchev–Trinajstić information content (AvgIpc) is 2.33. The van der Waals surface area contributed by atoms with E-state index in [0.29, 0.717) is 0 Å². The molecule has 1 aromatic heterocycles. The Kier molecular flexibility index (Phi) is 2.65. The Morgan fingerprint density at radius 2 is 2.20 bits per heavy atom. The van der Waals surface area contributed by atoms with Gasteiger partial charge in [-0.2, -0.15) is 0 Å². The van der Waals surface area contributed by atoms with Gasteiger partial charge in [0.05, 0.1) is 0 Å². The smallest absolute Gasteiger partial charge is 0.181 e. The molecule has 1 aliphatic heterocycles. The van der Waals surface area contributed by atoms with Gasteiger partial charge in [-0.05, 0) is 0 Å². The zero-order valence-corrected chi connectivity index (χ0v) is 7.91. The SMILES string of the molecule is [I-].c1cc[n+]2c(c1)CCC2. The van der Waals surface area contributed by atoms with E-state index in [0.717, 1.165) is 0 Å². The quantitative estimate of drug-likeness (QED) is 0.366. The van der Waals surface area contributed by atoms with Crippen molar-refractivity contribution in [3.63, 3.8) is 0 Å². The van der Waals surface area contributed by atoms with Gasteiger partial charge < -0.3 is 24.0 Å². The number of aromatic nitrogens is 1. The van der Waals surface area contributed by atoms with Crippen molar-refractivity contribution in [2.24, 2.45) is 0 Å². The third kappa shape index (κ3) is 1.31. The van der Waals surface area contributed by atoms with Crippen LogP contribution in [0.1, 0.15) is 12.1 Å². The fourth-order valence-corrected chi connectivity index (χ4v) is 1.39. The van der Waals surface area contributed by atoms with Crippen molar-refractivity contribution in [3.05, 3.63) is 30.1 Å². The molecule has 0 bridgehead atoms. The van der Waals surface area contributed by atoms with E-state index in [4.69, 9.17) is 0 Å². The Hall–Kier alpha value is -0.120. The summed E-state index contributed by atoms with van der Waals surface area (Å²) in [5, 5.41) is 0. The van der Waals surface area contributed by atoms with Crippen LogP contribution in [0.3, 0.4) is 0 Å². The molecular formula is C8H10IN. The van der Waals surface area contributed by atoms with E-state index in [1.54, 1.807) is 0 Å². The Labute approximate surface area is 78.1 Å². The fourth-order valence-electron chi connectivity index (χ4n) is 1.39. The molecule has 0 aliphatic carbocycles. The highest BCUT2D eigenvalue weighted by Crippen LogP contribution is 2.03. The van der Waals surface area contributed by atoms with Crippen LogP contribution in [-0.2, 0) is 13.0 Å². The van der Waals surface area contributed by atoms with E-state index in [2.05, 4.69) is 29.0 Å². The molecule has 0 N–H and O–H groups in total. The standard InChI is InChI=1S/C8H10N.HI/c1-2-6-9-7-3-5-8(9)4-1;/h1-2,4,6H,3,5,7H2;1H/q+1;/p-1. The molecule has 0 amide bonds. The number of aryl methyl sites for hydroxylation is 2. The first kappa shape index (κ1) is 7.98. The van der Waals surface area contributed by atoms with Gasteiger partial charge in [0.25, 0.3) is 0 Å². The van der Waals surface area contributed by atoms with Crippen molar-refractivity contribution < 1.29 is 28.5 Å². The molecule has 2 heterocycles. The largest absolute Gasteiger partial charge is 1.00 e. The lowest BCUT2D eigenvalue weighted by Crippen LogP contribution is -3.00. The van der Waals surface area contributed by atoms with E-state index in [1.165, 1.54) is 25.1 Å². The van der Waals surface area contributed by atoms with Gasteiger partial charge >= 0.3 is 0 Å². The number of fused-ring (bicyclic) bond motifs is 1. The molecule has 0 spiro atoms. The summed E-state index contributed by atoms with van der Waals surface area (Å²) < 4.78 is 2.32. The maximum Gasteiger partial charge on any atom is 0.181 e. The first-order valence-electron chi connectivity index (χ1n) is 3.44. The van der Waals surface area contributed by atoms with Crippen LogP contribution in [0.4, 0.5) is 0 Å². The predicted octanol–water partition coefficient (Wildman–Crippen LogP) is -2.08. The Morgan fingerprint density at radius 3 is 3.00 bits per heavy atom. The molecule has 0 unspecified atom stereocenters. The monoisotopic (exact) mass is 247 g/mol. The summed E-state index contributed by atoms with van der Waals surface area (Å²) in [5.74, 6) is 0. The molecule has 1 nitrogen and oxygen atoms in total. The fraction of sp³-hybridized carbons (Fsp3) is 0.375. The lowest BCUT2D eigenvalue weighted by molar-refractivity contribution is -0.690. The summed E-state index contributed by atoms with van der Waals surface area (Å²) >= 11 is 0. The van der Waals surface area contributed by atoms with Gasteiger partial charge in [0.1, 0.15) is 6.54 Å². The molecule has 0 saturated carbocycles. The minimum Gasteiger partial charge on any atom is -1.00 e. The van der Waals surface area contributed by atoms with Gasteiger partial charge in [0.15, 0.2) is 11.9 Å². The van der Waals surface area contributed by atoms with Crippen molar-refractivity contribution in [1.29, 1.82) is 0 Å². The highest BCUT2D eigenvalue weighted by Gasteiger charge is 2.15. The molecule has 2 heteroatoms. The molecule has 0 saturated heterocycles. The highest BCUT2D eigenvalue weighted by molar-refractivity contribution is 4.98. The molecule has 54 valence electrons. The number of halogens is 1. The second-order valence-corrected chi connectivity index (χ2v) is 2.49. The molecular weight excluding hydrogens is 237 g/mol. The van der Waals surface area contributed by atoms with Gasteiger partial charge in [-0.15, -0.1) is 0 Å². The molecule has 0 fully saturated rings. The van der Waals surface area contributed by atoms with Crippen LogP contribution in [0.25, 0.3) is 0 Å². The first-order chi connectivity index (χ1) is 4.47. The Morgan fingerprint density at radius 1 is 1.30 bits per heavy atom. The average molecular weight is 247 g/mol. The lowest BCUT2D eigenvalue weighted by Gasteiger charge is -1.87. The maximum absolute atomic E-state index is 2.32. The molecule has 0 atom stereocenters. The van der Waals surface area contributed by atoms with E-state index in [9.17, 15) is 0 Å². The lowest BCUT2D eigenvalue weighted by atomic mass is 10.3. The number of hydrogen-bond acceptors (Lipinski definition) is 0. The van der Waals surface area contributed by atoms with Gasteiger partial charge in [-0.1, -0.05) is 6.07 Å². The van der Waals surface area contributed by atoms with Gasteiger partial charge in [-0.25, -0.2) is 4.57 Å². The number of rotatable bonds is 0. The minimum absolute atomic E-state index is 0. The zero-order valence-electron chi connectivity index (χ0n) is 5.76. The van der Waals surface area contributed by atoms with Crippen molar-refractivity contribution >= 4 is 0 Å². The second-order valence-electron chi connectivity index (χ2n) is 2.49. The molecule has 10 heavy (non-hydrogen) atoms. The van der Waals surface area contributed by atoms with Crippen LogP contribution < -0.4 is 28.5 Å².